The third-order valence-electron chi connectivity index (χ3n) is 4.29. The third-order valence-corrected chi connectivity index (χ3v) is 4.29. The van der Waals surface area contributed by atoms with E-state index >= 15 is 0 Å². The Kier molecular flexibility index (Phi) is 3.89. The molecule has 3 aromatic rings. The van der Waals surface area contributed by atoms with Gasteiger partial charge >= 0.3 is 0 Å². The minimum absolute atomic E-state index is 0.0779. The summed E-state index contributed by atoms with van der Waals surface area (Å²) < 4.78 is 7.94. The Morgan fingerprint density at radius 1 is 1.28 bits per heavy atom. The second-order valence-electron chi connectivity index (χ2n) is 6.50. The van der Waals surface area contributed by atoms with Crippen molar-refractivity contribution in [2.24, 2.45) is 0 Å². The van der Waals surface area contributed by atoms with E-state index in [-0.39, 0.29) is 12.0 Å². The first-order chi connectivity index (χ1) is 12.1. The van der Waals surface area contributed by atoms with Gasteiger partial charge < -0.3 is 14.0 Å². The number of ether oxygens (including phenoxy) is 1. The minimum atomic E-state index is -0.108. The van der Waals surface area contributed by atoms with Gasteiger partial charge in [-0.15, -0.1) is 0 Å². The summed E-state index contributed by atoms with van der Waals surface area (Å²) in [5, 5.41) is 0. The summed E-state index contributed by atoms with van der Waals surface area (Å²) in [6.45, 7) is 1.24. The highest BCUT2D eigenvalue weighted by atomic mass is 16.5. The lowest BCUT2D eigenvalue weighted by molar-refractivity contribution is 0.0936. The number of hydrogen-bond donors (Lipinski definition) is 0. The Labute approximate surface area is 146 Å². The number of anilines is 1. The van der Waals surface area contributed by atoms with Crippen LogP contribution in [0.3, 0.4) is 0 Å². The Morgan fingerprint density at radius 2 is 2.12 bits per heavy atom. The maximum absolute atomic E-state index is 13.1. The molecule has 0 radical (unpaired) electrons. The molecule has 1 aliphatic heterocycles. The maximum Gasteiger partial charge on any atom is 0.277 e. The lowest BCUT2D eigenvalue weighted by Crippen LogP contribution is -2.47. The smallest absolute Gasteiger partial charge is 0.277 e. The maximum atomic E-state index is 13.1. The number of nitrogens with zero attached hydrogens (tertiary/aromatic N) is 4. The van der Waals surface area contributed by atoms with Gasteiger partial charge in [0, 0.05) is 18.3 Å². The van der Waals surface area contributed by atoms with Crippen molar-refractivity contribution in [3.63, 3.8) is 0 Å². The number of rotatable bonds is 3. The number of fused-ring (bicyclic) bond motifs is 2. The van der Waals surface area contributed by atoms with Gasteiger partial charge in [-0.05, 0) is 44.4 Å². The van der Waals surface area contributed by atoms with Crippen LogP contribution < -0.4 is 9.64 Å². The Balaban J connectivity index is 1.70. The molecule has 0 bridgehead atoms. The van der Waals surface area contributed by atoms with E-state index in [0.29, 0.717) is 12.2 Å². The lowest BCUT2D eigenvalue weighted by atomic mass is 10.1. The predicted molar refractivity (Wildman–Crippen MR) is 96.3 cm³/mol. The average Bonchev–Trinajstić information content (AvgIpc) is 3.07. The van der Waals surface area contributed by atoms with Crippen LogP contribution in [0.2, 0.25) is 0 Å². The van der Waals surface area contributed by atoms with Crippen molar-refractivity contribution in [3.8, 4) is 5.75 Å². The van der Waals surface area contributed by atoms with E-state index in [9.17, 15) is 4.79 Å². The van der Waals surface area contributed by atoms with Crippen molar-refractivity contribution in [1.29, 1.82) is 0 Å². The molecule has 6 heteroatoms. The quantitative estimate of drug-likeness (QED) is 0.736. The standard InChI is InChI=1S/C19H20N4O2/c1-21(2)11-15-12-23(17-7-3-4-8-18(17)25-15)19(24)16-10-14-6-5-9-22(14)13-20-16/h3-10,13,15H,11-12H2,1-2H3. The second-order valence-corrected chi connectivity index (χ2v) is 6.50. The van der Waals surface area contributed by atoms with E-state index in [1.807, 2.05) is 67.2 Å². The van der Waals surface area contributed by atoms with Crippen LogP contribution >= 0.6 is 0 Å². The van der Waals surface area contributed by atoms with E-state index in [1.54, 1.807) is 11.2 Å². The summed E-state index contributed by atoms with van der Waals surface area (Å²) >= 11 is 0. The van der Waals surface area contributed by atoms with E-state index in [4.69, 9.17) is 4.74 Å². The van der Waals surface area contributed by atoms with Crippen molar-refractivity contribution >= 4 is 17.1 Å². The minimum Gasteiger partial charge on any atom is -0.485 e. The molecule has 0 aliphatic carbocycles. The molecule has 25 heavy (non-hydrogen) atoms. The monoisotopic (exact) mass is 336 g/mol. The summed E-state index contributed by atoms with van der Waals surface area (Å²) in [5.74, 6) is 0.626. The third kappa shape index (κ3) is 2.96. The van der Waals surface area contributed by atoms with Crippen molar-refractivity contribution in [2.75, 3.05) is 32.1 Å². The zero-order valence-electron chi connectivity index (χ0n) is 14.3. The van der Waals surface area contributed by atoms with Gasteiger partial charge in [0.1, 0.15) is 17.5 Å². The SMILES string of the molecule is CN(C)CC1CN(C(=O)c2cc3cccn3cn2)c2ccccc2O1. The van der Waals surface area contributed by atoms with Gasteiger partial charge in [0.25, 0.3) is 5.91 Å². The summed E-state index contributed by atoms with van der Waals surface area (Å²) in [5.41, 5.74) is 2.18. The van der Waals surface area contributed by atoms with Gasteiger partial charge in [-0.25, -0.2) is 4.98 Å². The molecule has 128 valence electrons. The number of carbonyl (C=O) groups excluding carboxylic acids is 1. The highest BCUT2D eigenvalue weighted by Crippen LogP contribution is 2.34. The van der Waals surface area contributed by atoms with Crippen LogP contribution in [0.25, 0.3) is 5.52 Å². The van der Waals surface area contributed by atoms with Crippen LogP contribution in [-0.4, -0.2) is 53.5 Å². The number of amides is 1. The molecular formula is C19H20N4O2. The Bertz CT molecular complexity index is 918. The normalized spacial score (nSPS) is 16.8. The van der Waals surface area contributed by atoms with Crippen LogP contribution in [-0.2, 0) is 0 Å². The van der Waals surface area contributed by atoms with Crippen LogP contribution in [0.15, 0.2) is 55.0 Å². The molecule has 0 N–H and O–H groups in total. The van der Waals surface area contributed by atoms with Gasteiger partial charge in [-0.3, -0.25) is 9.69 Å². The molecule has 0 saturated heterocycles. The zero-order chi connectivity index (χ0) is 17.4. The number of aromatic nitrogens is 2. The molecule has 1 atom stereocenters. The predicted octanol–water partition coefficient (Wildman–Crippen LogP) is 2.30. The topological polar surface area (TPSA) is 50.1 Å². The molecule has 0 fully saturated rings. The average molecular weight is 336 g/mol. The van der Waals surface area contributed by atoms with Crippen molar-refractivity contribution in [3.05, 3.63) is 60.7 Å². The van der Waals surface area contributed by atoms with E-state index in [1.165, 1.54) is 0 Å². The van der Waals surface area contributed by atoms with Gasteiger partial charge in [-0.1, -0.05) is 12.1 Å². The molecule has 1 amide bonds. The largest absolute Gasteiger partial charge is 0.485 e. The first-order valence-corrected chi connectivity index (χ1v) is 8.27. The summed E-state index contributed by atoms with van der Waals surface area (Å²) in [6.07, 6.45) is 3.51. The summed E-state index contributed by atoms with van der Waals surface area (Å²) in [4.78, 5) is 21.3. The first kappa shape index (κ1) is 15.7. The molecule has 2 aromatic heterocycles. The van der Waals surface area contributed by atoms with Crippen LogP contribution in [0.1, 0.15) is 10.5 Å². The zero-order valence-corrected chi connectivity index (χ0v) is 14.3. The van der Waals surface area contributed by atoms with Crippen LogP contribution in [0.4, 0.5) is 5.69 Å². The summed E-state index contributed by atoms with van der Waals surface area (Å²) in [6, 6.07) is 13.4. The molecule has 1 aliphatic rings. The molecule has 1 unspecified atom stereocenters. The van der Waals surface area contributed by atoms with Crippen molar-refractivity contribution in [2.45, 2.75) is 6.10 Å². The number of likely N-dealkylation sites (N-methyl/N-ethyl adjacent to an activating group) is 1. The molecule has 3 heterocycles. The van der Waals surface area contributed by atoms with Gasteiger partial charge in [0.2, 0.25) is 0 Å². The number of benzene rings is 1. The van der Waals surface area contributed by atoms with E-state index in [0.717, 1.165) is 23.5 Å². The number of hydrogen-bond acceptors (Lipinski definition) is 4. The first-order valence-electron chi connectivity index (χ1n) is 8.27. The van der Waals surface area contributed by atoms with Crippen molar-refractivity contribution in [1.82, 2.24) is 14.3 Å². The van der Waals surface area contributed by atoms with Crippen LogP contribution in [0, 0.1) is 0 Å². The highest BCUT2D eigenvalue weighted by Gasteiger charge is 2.31. The lowest BCUT2D eigenvalue weighted by Gasteiger charge is -2.35. The molecule has 0 saturated carbocycles. The number of para-hydroxylation sites is 2. The fourth-order valence-electron chi connectivity index (χ4n) is 3.18. The van der Waals surface area contributed by atoms with Gasteiger partial charge in [0.05, 0.1) is 18.6 Å². The Morgan fingerprint density at radius 3 is 2.96 bits per heavy atom. The van der Waals surface area contributed by atoms with Gasteiger partial charge in [-0.2, -0.15) is 0 Å². The molecular weight excluding hydrogens is 316 g/mol. The molecule has 4 rings (SSSR count). The molecule has 1 aromatic carbocycles. The molecule has 6 nitrogen and oxygen atoms in total. The highest BCUT2D eigenvalue weighted by molar-refractivity contribution is 6.06. The summed E-state index contributed by atoms with van der Waals surface area (Å²) in [7, 11) is 4.00. The van der Waals surface area contributed by atoms with Crippen molar-refractivity contribution < 1.29 is 9.53 Å². The van der Waals surface area contributed by atoms with E-state index < -0.39 is 0 Å². The van der Waals surface area contributed by atoms with E-state index in [2.05, 4.69) is 9.88 Å². The Hall–Kier alpha value is -2.86. The fraction of sp³-hybridized carbons (Fsp3) is 0.263. The molecule has 0 spiro atoms. The fourth-order valence-corrected chi connectivity index (χ4v) is 3.18. The number of carbonyl (C=O) groups is 1. The second kappa shape index (κ2) is 6.22. The van der Waals surface area contributed by atoms with Gasteiger partial charge in [0.15, 0.2) is 0 Å². The van der Waals surface area contributed by atoms with Crippen LogP contribution in [0.5, 0.6) is 5.75 Å².